The number of rotatable bonds is 6. The van der Waals surface area contributed by atoms with Crippen molar-refractivity contribution in [1.29, 1.82) is 0 Å². The second-order valence-corrected chi connectivity index (χ2v) is 9.73. The van der Waals surface area contributed by atoms with Crippen LogP contribution in [0.5, 0.6) is 5.75 Å². The van der Waals surface area contributed by atoms with Gasteiger partial charge in [0.15, 0.2) is 6.61 Å². The average Bonchev–Trinajstić information content (AvgIpc) is 2.84. The molecule has 1 aliphatic rings. The Kier molecular flexibility index (Phi) is 8.19. The van der Waals surface area contributed by atoms with Crippen LogP contribution in [0.25, 0.3) is 6.08 Å². The van der Waals surface area contributed by atoms with E-state index in [9.17, 15) is 19.2 Å². The molecule has 0 radical (unpaired) electrons. The maximum absolute atomic E-state index is 13.0. The molecule has 3 aromatic rings. The second-order valence-electron chi connectivity index (χ2n) is 7.59. The van der Waals surface area contributed by atoms with Gasteiger partial charge in [-0.1, -0.05) is 56.8 Å². The quantitative estimate of drug-likeness (QED) is 0.255. The fourth-order valence-electron chi connectivity index (χ4n) is 3.29. The molecule has 188 valence electrons. The predicted molar refractivity (Wildman–Crippen MR) is 145 cm³/mol. The number of urea groups is 1. The molecule has 0 spiro atoms. The molecule has 0 aliphatic carbocycles. The van der Waals surface area contributed by atoms with Crippen molar-refractivity contribution in [1.82, 2.24) is 5.32 Å². The van der Waals surface area contributed by atoms with E-state index in [0.29, 0.717) is 27.0 Å². The van der Waals surface area contributed by atoms with Crippen LogP contribution in [0.3, 0.4) is 0 Å². The SMILES string of the molecule is O=C(COc1ccc(/C=C2\C(=O)NC(=O)N(c3ccc(Br)cc3)C2=O)cc1Cl)Nc1ccc(Cl)c(Cl)c1. The zero-order valence-corrected chi connectivity index (χ0v) is 22.4. The second kappa shape index (κ2) is 11.4. The third-order valence-electron chi connectivity index (χ3n) is 5.02. The first-order valence-electron chi connectivity index (χ1n) is 10.5. The molecule has 0 atom stereocenters. The normalized spacial score (nSPS) is 14.5. The largest absolute Gasteiger partial charge is 0.482 e. The van der Waals surface area contributed by atoms with E-state index in [1.54, 1.807) is 42.5 Å². The number of barbiturate groups is 1. The summed E-state index contributed by atoms with van der Waals surface area (Å²) in [6.45, 7) is -0.342. The highest BCUT2D eigenvalue weighted by molar-refractivity contribution is 9.10. The highest BCUT2D eigenvalue weighted by atomic mass is 79.9. The van der Waals surface area contributed by atoms with Crippen molar-refractivity contribution in [3.63, 3.8) is 0 Å². The van der Waals surface area contributed by atoms with Crippen molar-refractivity contribution < 1.29 is 23.9 Å². The summed E-state index contributed by atoms with van der Waals surface area (Å²) >= 11 is 21.4. The summed E-state index contributed by atoms with van der Waals surface area (Å²) in [4.78, 5) is 50.8. The maximum Gasteiger partial charge on any atom is 0.335 e. The van der Waals surface area contributed by atoms with Gasteiger partial charge in [0.1, 0.15) is 11.3 Å². The summed E-state index contributed by atoms with van der Waals surface area (Å²) in [7, 11) is 0. The molecule has 1 heterocycles. The molecule has 12 heteroatoms. The Labute approximate surface area is 234 Å². The van der Waals surface area contributed by atoms with Gasteiger partial charge in [-0.05, 0) is 66.2 Å². The first-order valence-corrected chi connectivity index (χ1v) is 12.4. The van der Waals surface area contributed by atoms with Gasteiger partial charge in [-0.25, -0.2) is 9.69 Å². The van der Waals surface area contributed by atoms with E-state index in [-0.39, 0.29) is 23.0 Å². The molecule has 0 unspecified atom stereocenters. The fourth-order valence-corrected chi connectivity index (χ4v) is 4.09. The van der Waals surface area contributed by atoms with Crippen LogP contribution < -0.4 is 20.3 Å². The van der Waals surface area contributed by atoms with Gasteiger partial charge in [-0.2, -0.15) is 0 Å². The van der Waals surface area contributed by atoms with Crippen LogP contribution in [-0.4, -0.2) is 30.4 Å². The Balaban J connectivity index is 1.46. The van der Waals surface area contributed by atoms with Crippen LogP contribution in [0.1, 0.15) is 5.56 Å². The lowest BCUT2D eigenvalue weighted by Gasteiger charge is -2.26. The Morgan fingerprint density at radius 1 is 0.946 bits per heavy atom. The lowest BCUT2D eigenvalue weighted by atomic mass is 10.1. The van der Waals surface area contributed by atoms with Crippen LogP contribution in [-0.2, 0) is 14.4 Å². The van der Waals surface area contributed by atoms with E-state index in [1.807, 2.05) is 0 Å². The molecule has 1 fully saturated rings. The Morgan fingerprint density at radius 2 is 1.68 bits per heavy atom. The molecular formula is C25H15BrCl3N3O5. The van der Waals surface area contributed by atoms with E-state index in [4.69, 9.17) is 39.5 Å². The first-order chi connectivity index (χ1) is 17.6. The van der Waals surface area contributed by atoms with Crippen molar-refractivity contribution in [2.45, 2.75) is 0 Å². The number of halogens is 4. The van der Waals surface area contributed by atoms with Crippen molar-refractivity contribution in [3.05, 3.63) is 91.3 Å². The van der Waals surface area contributed by atoms with Crippen molar-refractivity contribution in [2.75, 3.05) is 16.8 Å². The third-order valence-corrected chi connectivity index (χ3v) is 6.58. The topological polar surface area (TPSA) is 105 Å². The van der Waals surface area contributed by atoms with Gasteiger partial charge in [-0.3, -0.25) is 19.7 Å². The molecule has 37 heavy (non-hydrogen) atoms. The molecule has 0 saturated carbocycles. The van der Waals surface area contributed by atoms with Crippen LogP contribution in [0.15, 0.2) is 70.7 Å². The summed E-state index contributed by atoms with van der Waals surface area (Å²) < 4.78 is 6.24. The van der Waals surface area contributed by atoms with Gasteiger partial charge in [0, 0.05) is 10.2 Å². The standard InChI is InChI=1S/C25H15BrCl3N3O5/c26-14-2-5-16(6-3-14)32-24(35)17(23(34)31-25(32)36)9-13-1-8-21(20(29)10-13)37-12-22(33)30-15-4-7-18(27)19(28)11-15/h1-11H,12H2,(H,30,33)(H,31,34,36)/b17-9+. The summed E-state index contributed by atoms with van der Waals surface area (Å²) in [5, 5.41) is 5.57. The molecule has 8 nitrogen and oxygen atoms in total. The number of carbonyl (C=O) groups is 4. The molecule has 1 aliphatic heterocycles. The van der Waals surface area contributed by atoms with Gasteiger partial charge in [0.05, 0.1) is 20.8 Å². The number of nitrogens with one attached hydrogen (secondary N) is 2. The van der Waals surface area contributed by atoms with E-state index in [1.165, 1.54) is 24.3 Å². The summed E-state index contributed by atoms with van der Waals surface area (Å²) in [6, 6.07) is 14.8. The van der Waals surface area contributed by atoms with Gasteiger partial charge < -0.3 is 10.1 Å². The van der Waals surface area contributed by atoms with Crippen molar-refractivity contribution in [2.24, 2.45) is 0 Å². The molecule has 3 aromatic carbocycles. The molecule has 0 aromatic heterocycles. The fraction of sp³-hybridized carbons (Fsp3) is 0.0400. The van der Waals surface area contributed by atoms with Crippen LogP contribution in [0.4, 0.5) is 16.2 Å². The number of ether oxygens (including phenoxy) is 1. The highest BCUT2D eigenvalue weighted by Gasteiger charge is 2.36. The number of amides is 5. The first kappa shape index (κ1) is 26.7. The van der Waals surface area contributed by atoms with E-state index in [2.05, 4.69) is 26.6 Å². The minimum Gasteiger partial charge on any atom is -0.482 e. The Morgan fingerprint density at radius 3 is 2.35 bits per heavy atom. The van der Waals surface area contributed by atoms with E-state index in [0.717, 1.165) is 9.37 Å². The molecule has 0 bridgehead atoms. The summed E-state index contributed by atoms with van der Waals surface area (Å²) in [5.74, 6) is -1.87. The number of imide groups is 2. The number of hydrogen-bond donors (Lipinski definition) is 2. The van der Waals surface area contributed by atoms with Gasteiger partial charge in [0.2, 0.25) is 0 Å². The zero-order chi connectivity index (χ0) is 26.7. The van der Waals surface area contributed by atoms with Crippen molar-refractivity contribution >= 4 is 91.9 Å². The minimum absolute atomic E-state index is 0.140. The number of benzene rings is 3. The van der Waals surface area contributed by atoms with Crippen LogP contribution in [0, 0.1) is 0 Å². The zero-order valence-electron chi connectivity index (χ0n) is 18.6. The van der Waals surface area contributed by atoms with Gasteiger partial charge >= 0.3 is 6.03 Å². The van der Waals surface area contributed by atoms with Crippen LogP contribution >= 0.6 is 50.7 Å². The van der Waals surface area contributed by atoms with Gasteiger partial charge in [-0.15, -0.1) is 0 Å². The highest BCUT2D eigenvalue weighted by Crippen LogP contribution is 2.29. The lowest BCUT2D eigenvalue weighted by Crippen LogP contribution is -2.54. The molecule has 2 N–H and O–H groups in total. The monoisotopic (exact) mass is 621 g/mol. The van der Waals surface area contributed by atoms with Crippen molar-refractivity contribution in [3.8, 4) is 5.75 Å². The number of anilines is 2. The molecule has 1 saturated heterocycles. The van der Waals surface area contributed by atoms with E-state index >= 15 is 0 Å². The van der Waals surface area contributed by atoms with Gasteiger partial charge in [0.25, 0.3) is 17.7 Å². The maximum atomic E-state index is 13.0. The summed E-state index contributed by atoms with van der Waals surface area (Å²) in [5.41, 5.74) is 0.890. The summed E-state index contributed by atoms with van der Waals surface area (Å²) in [6.07, 6.45) is 1.31. The molecule has 5 amide bonds. The number of hydrogen-bond acceptors (Lipinski definition) is 5. The number of nitrogens with zero attached hydrogens (tertiary/aromatic N) is 1. The van der Waals surface area contributed by atoms with Crippen LogP contribution in [0.2, 0.25) is 15.1 Å². The minimum atomic E-state index is -0.851. The molecular weight excluding hydrogens is 609 g/mol. The Hall–Kier alpha value is -3.37. The van der Waals surface area contributed by atoms with E-state index < -0.39 is 23.8 Å². The third kappa shape index (κ3) is 6.31. The molecule has 4 rings (SSSR count). The Bertz CT molecular complexity index is 1460. The smallest absolute Gasteiger partial charge is 0.335 e. The predicted octanol–water partition coefficient (Wildman–Crippen LogP) is 6.09. The number of carbonyl (C=O) groups excluding carboxylic acids is 4. The lowest BCUT2D eigenvalue weighted by molar-refractivity contribution is -0.122. The average molecular weight is 624 g/mol.